The smallest absolute Gasteiger partial charge is 0.387 e. The lowest BCUT2D eigenvalue weighted by molar-refractivity contribution is -0.0504. The van der Waals surface area contributed by atoms with E-state index in [-0.39, 0.29) is 11.2 Å². The minimum absolute atomic E-state index is 0.0557. The number of ether oxygens (including phenoxy) is 1. The number of nitrogens with zero attached hydrogens (tertiary/aromatic N) is 4. The maximum Gasteiger partial charge on any atom is 0.469 e. The molecule has 2 aromatic rings. The molecule has 1 aliphatic heterocycles. The van der Waals surface area contributed by atoms with Gasteiger partial charge in [-0.05, 0) is 0 Å². The van der Waals surface area contributed by atoms with E-state index in [9.17, 15) is 19.6 Å². The summed E-state index contributed by atoms with van der Waals surface area (Å²) in [6, 6.07) is 0. The zero-order chi connectivity index (χ0) is 17.6. The molecular weight excluding hydrogens is 347 g/mol. The van der Waals surface area contributed by atoms with Crippen LogP contribution in [-0.4, -0.2) is 64.0 Å². The Bertz CT molecular complexity index is 859. The Hall–Kier alpha value is -1.66. The summed E-state index contributed by atoms with van der Waals surface area (Å²) in [7, 11) is -3.24. The summed E-state index contributed by atoms with van der Waals surface area (Å²) >= 11 is 0. The van der Waals surface area contributed by atoms with Crippen molar-refractivity contribution in [3.63, 3.8) is 0 Å². The van der Waals surface area contributed by atoms with Crippen molar-refractivity contribution in [3.05, 3.63) is 23.0 Å². The van der Waals surface area contributed by atoms with E-state index in [0.717, 1.165) is 0 Å². The summed E-state index contributed by atoms with van der Waals surface area (Å²) < 4.78 is 22.9. The molecule has 24 heavy (non-hydrogen) atoms. The highest BCUT2D eigenvalue weighted by Crippen LogP contribution is 2.38. The Balaban J connectivity index is 1.89. The van der Waals surface area contributed by atoms with Crippen molar-refractivity contribution >= 4 is 19.0 Å². The molecule has 2 aromatic heterocycles. The van der Waals surface area contributed by atoms with Gasteiger partial charge in [-0.3, -0.25) is 13.9 Å². The van der Waals surface area contributed by atoms with Crippen LogP contribution >= 0.6 is 7.82 Å². The summed E-state index contributed by atoms with van der Waals surface area (Å²) in [5, 5.41) is 20.1. The Kier molecular flexibility index (Phi) is 4.30. The number of phosphoric ester groups is 1. The first kappa shape index (κ1) is 17.2. The van der Waals surface area contributed by atoms with Gasteiger partial charge in [-0.2, -0.15) is 0 Å². The van der Waals surface area contributed by atoms with Crippen LogP contribution in [-0.2, 0) is 20.9 Å². The van der Waals surface area contributed by atoms with Gasteiger partial charge in [-0.25, -0.2) is 14.5 Å². The summed E-state index contributed by atoms with van der Waals surface area (Å²) in [5.74, 6) is 0. The minimum atomic E-state index is -4.74. The van der Waals surface area contributed by atoms with Gasteiger partial charge in [-0.1, -0.05) is 0 Å². The van der Waals surface area contributed by atoms with Crippen molar-refractivity contribution < 1.29 is 33.8 Å². The molecule has 1 saturated heterocycles. The molecule has 12 nitrogen and oxygen atoms in total. The van der Waals surface area contributed by atoms with Crippen molar-refractivity contribution in [2.45, 2.75) is 24.5 Å². The first-order valence-electron chi connectivity index (χ1n) is 6.79. The monoisotopic (exact) mass is 362 g/mol. The molecule has 3 heterocycles. The van der Waals surface area contributed by atoms with Crippen LogP contribution in [0, 0.1) is 0 Å². The zero-order valence-corrected chi connectivity index (χ0v) is 13.2. The molecule has 0 amide bonds. The Morgan fingerprint density at radius 1 is 1.29 bits per heavy atom. The molecule has 0 bridgehead atoms. The van der Waals surface area contributed by atoms with E-state index in [0.29, 0.717) is 0 Å². The van der Waals surface area contributed by atoms with Crippen LogP contribution in [0.25, 0.3) is 11.2 Å². The fourth-order valence-electron chi connectivity index (χ4n) is 2.45. The van der Waals surface area contributed by atoms with Crippen molar-refractivity contribution in [2.24, 2.45) is 7.05 Å². The van der Waals surface area contributed by atoms with Crippen LogP contribution in [0.15, 0.2) is 17.4 Å². The summed E-state index contributed by atoms with van der Waals surface area (Å²) in [6.45, 7) is -0.624. The topological polar surface area (TPSA) is 169 Å². The predicted octanol–water partition coefficient (Wildman–Crippen LogP) is -2.14. The molecule has 0 spiro atoms. The van der Waals surface area contributed by atoms with E-state index >= 15 is 0 Å². The zero-order valence-electron chi connectivity index (χ0n) is 12.3. The second-order valence-electron chi connectivity index (χ2n) is 5.32. The second kappa shape index (κ2) is 6.01. The third-order valence-electron chi connectivity index (χ3n) is 3.66. The third-order valence-corrected chi connectivity index (χ3v) is 4.15. The van der Waals surface area contributed by atoms with Crippen molar-refractivity contribution in [3.8, 4) is 0 Å². The lowest BCUT2D eigenvalue weighted by atomic mass is 10.1. The number of aryl methyl sites for hydroxylation is 1. The van der Waals surface area contributed by atoms with Gasteiger partial charge >= 0.3 is 7.82 Å². The summed E-state index contributed by atoms with van der Waals surface area (Å²) in [6.07, 6.45) is -2.71. The molecule has 4 N–H and O–H groups in total. The maximum atomic E-state index is 12.0. The first-order valence-corrected chi connectivity index (χ1v) is 8.32. The van der Waals surface area contributed by atoms with E-state index in [1.54, 1.807) is 0 Å². The molecule has 13 heteroatoms. The van der Waals surface area contributed by atoms with Crippen LogP contribution in [0.3, 0.4) is 0 Å². The van der Waals surface area contributed by atoms with Crippen molar-refractivity contribution in [1.82, 2.24) is 19.1 Å². The quantitative estimate of drug-likeness (QED) is 0.440. The molecule has 0 saturated carbocycles. The first-order chi connectivity index (χ1) is 11.2. The molecule has 1 aliphatic rings. The number of aromatic nitrogens is 4. The molecule has 1 fully saturated rings. The number of imidazole rings is 1. The Morgan fingerprint density at radius 2 is 2.00 bits per heavy atom. The Morgan fingerprint density at radius 3 is 2.67 bits per heavy atom. The van der Waals surface area contributed by atoms with Gasteiger partial charge in [0.25, 0.3) is 5.56 Å². The summed E-state index contributed by atoms with van der Waals surface area (Å²) in [4.78, 5) is 37.4. The highest BCUT2D eigenvalue weighted by molar-refractivity contribution is 7.46. The predicted molar refractivity (Wildman–Crippen MR) is 76.7 cm³/mol. The number of phosphoric acid groups is 1. The molecule has 3 rings (SSSR count). The highest BCUT2D eigenvalue weighted by Gasteiger charge is 2.45. The number of hydrogen-bond acceptors (Lipinski definition) is 8. The lowest BCUT2D eigenvalue weighted by Gasteiger charge is -2.16. The maximum absolute atomic E-state index is 12.0. The number of aliphatic hydroxyl groups excluding tert-OH is 2. The fourth-order valence-corrected chi connectivity index (χ4v) is 2.79. The lowest BCUT2D eigenvalue weighted by Crippen LogP contribution is -2.33. The molecule has 132 valence electrons. The highest BCUT2D eigenvalue weighted by atomic mass is 31.2. The van der Waals surface area contributed by atoms with E-state index < -0.39 is 44.5 Å². The van der Waals surface area contributed by atoms with Gasteiger partial charge < -0.3 is 29.3 Å². The van der Waals surface area contributed by atoms with E-state index in [1.165, 1.54) is 28.8 Å². The van der Waals surface area contributed by atoms with Crippen LogP contribution in [0.1, 0.15) is 6.23 Å². The van der Waals surface area contributed by atoms with Gasteiger partial charge in [0, 0.05) is 7.05 Å². The van der Waals surface area contributed by atoms with Gasteiger partial charge in [0.15, 0.2) is 17.4 Å². The van der Waals surface area contributed by atoms with Crippen LogP contribution in [0.2, 0.25) is 0 Å². The van der Waals surface area contributed by atoms with E-state index in [1.807, 2.05) is 0 Å². The molecule has 4 atom stereocenters. The molecular formula is C11H15N4O8P. The van der Waals surface area contributed by atoms with Crippen molar-refractivity contribution in [1.29, 1.82) is 0 Å². The molecule has 0 unspecified atom stereocenters. The molecule has 0 aliphatic carbocycles. The van der Waals surface area contributed by atoms with Crippen LogP contribution < -0.4 is 5.56 Å². The number of aliphatic hydroxyl groups is 2. The fraction of sp³-hybridized carbons (Fsp3) is 0.545. The SMILES string of the molecule is Cn1cnc2c(ncn2[C@@H]2O[C@H](COP(=O)(O)O)[C@@H](O)[C@@H]2O)c1=O. The Labute approximate surface area is 134 Å². The van der Waals surface area contributed by atoms with E-state index in [4.69, 9.17) is 14.5 Å². The largest absolute Gasteiger partial charge is 0.469 e. The second-order valence-corrected chi connectivity index (χ2v) is 6.56. The molecule has 0 radical (unpaired) electrons. The number of hydrogen-bond donors (Lipinski definition) is 4. The number of rotatable bonds is 4. The van der Waals surface area contributed by atoms with Gasteiger partial charge in [0.1, 0.15) is 18.3 Å². The molecule has 0 aromatic carbocycles. The minimum Gasteiger partial charge on any atom is -0.387 e. The normalized spacial score (nSPS) is 27.9. The van der Waals surface area contributed by atoms with Crippen LogP contribution in [0.5, 0.6) is 0 Å². The third kappa shape index (κ3) is 3.00. The van der Waals surface area contributed by atoms with Gasteiger partial charge in [-0.15, -0.1) is 0 Å². The van der Waals surface area contributed by atoms with Crippen LogP contribution in [0.4, 0.5) is 0 Å². The van der Waals surface area contributed by atoms with E-state index in [2.05, 4.69) is 14.5 Å². The summed E-state index contributed by atoms with van der Waals surface area (Å²) in [5.41, 5.74) is -0.195. The number of fused-ring (bicyclic) bond motifs is 1. The van der Waals surface area contributed by atoms with Gasteiger partial charge in [0.2, 0.25) is 0 Å². The average Bonchev–Trinajstić information content (AvgIpc) is 3.04. The standard InChI is InChI=1S/C11H15N4O8P/c1-14-3-13-9-6(10(14)18)12-4-15(9)11-8(17)7(16)5(23-11)2-22-24(19,20)21/h3-5,7-8,11,16-17H,2H2,1H3,(H2,19,20,21)/t5-,7-,8+,11-/m1/s1. The van der Waals surface area contributed by atoms with Gasteiger partial charge in [0.05, 0.1) is 19.3 Å². The average molecular weight is 362 g/mol. The van der Waals surface area contributed by atoms with Crippen molar-refractivity contribution in [2.75, 3.05) is 6.61 Å².